The average Bonchev–Trinajstić information content (AvgIpc) is 2.56. The molecule has 0 aliphatic carbocycles. The minimum Gasteiger partial charge on any atom is -0.298 e. The first-order chi connectivity index (χ1) is 11.0. The maximum absolute atomic E-state index is 13.0. The van der Waals surface area contributed by atoms with E-state index in [1.807, 2.05) is 6.92 Å². The second kappa shape index (κ2) is 7.09. The lowest BCUT2D eigenvalue weighted by atomic mass is 10.2. The summed E-state index contributed by atoms with van der Waals surface area (Å²) >= 11 is 0. The quantitative estimate of drug-likeness (QED) is 0.604. The molecule has 5 heteroatoms. The molecule has 0 aliphatic heterocycles. The number of hydrogen-bond donors (Lipinski definition) is 0. The number of hydrogen-bond acceptors (Lipinski definition) is 3. The first-order valence-electron chi connectivity index (χ1n) is 6.98. The van der Waals surface area contributed by atoms with Crippen molar-refractivity contribution >= 4 is 22.0 Å². The number of sulfonamides is 1. The van der Waals surface area contributed by atoms with Crippen molar-refractivity contribution in [3.05, 3.63) is 78.0 Å². The molecule has 2 rings (SSSR count). The molecular formula is C18H17NO3S. The molecule has 2 aromatic rings. The summed E-state index contributed by atoms with van der Waals surface area (Å²) in [5.41, 5.74) is 4.17. The van der Waals surface area contributed by atoms with Crippen molar-refractivity contribution in [3.8, 4) is 0 Å². The SMILES string of the molecule is C=C=CCN(c1ccccc1C=O)S(=O)(=O)c1ccc(C)cc1. The Hall–Kier alpha value is -2.62. The van der Waals surface area contributed by atoms with E-state index >= 15 is 0 Å². The molecule has 0 unspecified atom stereocenters. The van der Waals surface area contributed by atoms with Gasteiger partial charge in [-0.05, 0) is 37.3 Å². The van der Waals surface area contributed by atoms with Gasteiger partial charge in [0.2, 0.25) is 0 Å². The minimum atomic E-state index is -3.80. The Morgan fingerprint density at radius 1 is 1.13 bits per heavy atom. The van der Waals surface area contributed by atoms with Gasteiger partial charge in [-0.2, -0.15) is 0 Å². The van der Waals surface area contributed by atoms with E-state index in [1.54, 1.807) is 48.5 Å². The van der Waals surface area contributed by atoms with Gasteiger partial charge in [-0.25, -0.2) is 8.42 Å². The summed E-state index contributed by atoms with van der Waals surface area (Å²) in [6.07, 6.45) is 2.15. The highest BCUT2D eigenvalue weighted by Crippen LogP contribution is 2.26. The molecule has 0 saturated carbocycles. The maximum Gasteiger partial charge on any atom is 0.264 e. The van der Waals surface area contributed by atoms with E-state index in [0.29, 0.717) is 17.5 Å². The smallest absolute Gasteiger partial charge is 0.264 e. The molecule has 4 nitrogen and oxygen atoms in total. The van der Waals surface area contributed by atoms with Crippen LogP contribution in [0.3, 0.4) is 0 Å². The first-order valence-corrected chi connectivity index (χ1v) is 8.42. The predicted octanol–water partition coefficient (Wildman–Crippen LogP) is 3.34. The fourth-order valence-electron chi connectivity index (χ4n) is 2.13. The van der Waals surface area contributed by atoms with Crippen molar-refractivity contribution in [1.29, 1.82) is 0 Å². The zero-order valence-corrected chi connectivity index (χ0v) is 13.6. The number of anilines is 1. The largest absolute Gasteiger partial charge is 0.298 e. The molecule has 118 valence electrons. The molecule has 0 amide bonds. The van der Waals surface area contributed by atoms with Crippen LogP contribution >= 0.6 is 0 Å². The number of para-hydroxylation sites is 1. The summed E-state index contributed by atoms with van der Waals surface area (Å²) in [6, 6.07) is 13.1. The summed E-state index contributed by atoms with van der Waals surface area (Å²) in [5.74, 6) is 0. The van der Waals surface area contributed by atoms with Gasteiger partial charge in [-0.15, -0.1) is 5.73 Å². The second-order valence-electron chi connectivity index (χ2n) is 4.93. The van der Waals surface area contributed by atoms with Gasteiger partial charge in [0.05, 0.1) is 17.1 Å². The molecule has 2 aromatic carbocycles. The van der Waals surface area contributed by atoms with Crippen LogP contribution < -0.4 is 4.31 Å². The van der Waals surface area contributed by atoms with E-state index in [9.17, 15) is 13.2 Å². The Morgan fingerprint density at radius 2 is 1.78 bits per heavy atom. The van der Waals surface area contributed by atoms with Gasteiger partial charge in [0, 0.05) is 5.56 Å². The van der Waals surface area contributed by atoms with Crippen molar-refractivity contribution < 1.29 is 13.2 Å². The third-order valence-corrected chi connectivity index (χ3v) is 5.14. The summed E-state index contributed by atoms with van der Waals surface area (Å²) in [4.78, 5) is 11.4. The first kappa shape index (κ1) is 16.7. The monoisotopic (exact) mass is 327 g/mol. The topological polar surface area (TPSA) is 54.5 Å². The highest BCUT2D eigenvalue weighted by atomic mass is 32.2. The Bertz CT molecular complexity index is 848. The summed E-state index contributed by atoms with van der Waals surface area (Å²) < 4.78 is 27.1. The lowest BCUT2D eigenvalue weighted by molar-refractivity contribution is 0.112. The third kappa shape index (κ3) is 3.59. The van der Waals surface area contributed by atoms with Crippen molar-refractivity contribution in [3.63, 3.8) is 0 Å². The summed E-state index contributed by atoms with van der Waals surface area (Å²) in [6.45, 7) is 5.40. The number of carbonyl (C=O) groups is 1. The fourth-order valence-corrected chi connectivity index (χ4v) is 3.56. The molecule has 0 bridgehead atoms. The Kier molecular flexibility index (Phi) is 5.16. The second-order valence-corrected chi connectivity index (χ2v) is 6.80. The normalized spacial score (nSPS) is 10.7. The van der Waals surface area contributed by atoms with Gasteiger partial charge in [0.1, 0.15) is 0 Å². The van der Waals surface area contributed by atoms with Gasteiger partial charge in [-0.1, -0.05) is 36.4 Å². The molecule has 0 aliphatic rings. The van der Waals surface area contributed by atoms with E-state index in [1.165, 1.54) is 10.4 Å². The van der Waals surface area contributed by atoms with Crippen molar-refractivity contribution in [2.24, 2.45) is 0 Å². The number of aryl methyl sites for hydroxylation is 1. The number of nitrogens with zero attached hydrogens (tertiary/aromatic N) is 1. The summed E-state index contributed by atoms with van der Waals surface area (Å²) in [7, 11) is -3.80. The van der Waals surface area contributed by atoms with E-state index in [0.717, 1.165) is 5.56 Å². The predicted molar refractivity (Wildman–Crippen MR) is 91.3 cm³/mol. The van der Waals surface area contributed by atoms with Crippen LogP contribution in [0.15, 0.2) is 71.8 Å². The Labute approximate surface area is 136 Å². The van der Waals surface area contributed by atoms with Gasteiger partial charge < -0.3 is 0 Å². The highest BCUT2D eigenvalue weighted by Gasteiger charge is 2.25. The standard InChI is InChI=1S/C18H17NO3S/c1-3-4-13-19(18-8-6-5-7-16(18)14-20)23(21,22)17-11-9-15(2)10-12-17/h4-12,14H,1,13H2,2H3. The van der Waals surface area contributed by atoms with Gasteiger partial charge in [-0.3, -0.25) is 9.10 Å². The van der Waals surface area contributed by atoms with Crippen LogP contribution in [-0.4, -0.2) is 21.2 Å². The van der Waals surface area contributed by atoms with Crippen LogP contribution in [0.25, 0.3) is 0 Å². The number of carbonyl (C=O) groups excluding carboxylic acids is 1. The van der Waals surface area contributed by atoms with Gasteiger partial charge >= 0.3 is 0 Å². The maximum atomic E-state index is 13.0. The zero-order valence-electron chi connectivity index (χ0n) is 12.8. The van der Waals surface area contributed by atoms with Crippen molar-refractivity contribution in [1.82, 2.24) is 0 Å². The van der Waals surface area contributed by atoms with E-state index in [4.69, 9.17) is 0 Å². The minimum absolute atomic E-state index is 0.0462. The number of benzene rings is 2. The molecular weight excluding hydrogens is 310 g/mol. The molecule has 23 heavy (non-hydrogen) atoms. The van der Waals surface area contributed by atoms with Crippen LogP contribution in [0, 0.1) is 6.92 Å². The lowest BCUT2D eigenvalue weighted by Crippen LogP contribution is -2.32. The van der Waals surface area contributed by atoms with Gasteiger partial charge in [0.25, 0.3) is 10.0 Å². The van der Waals surface area contributed by atoms with E-state index < -0.39 is 10.0 Å². The Morgan fingerprint density at radius 3 is 2.39 bits per heavy atom. The van der Waals surface area contributed by atoms with E-state index in [-0.39, 0.29) is 11.4 Å². The molecule has 0 aromatic heterocycles. The van der Waals surface area contributed by atoms with Gasteiger partial charge in [0.15, 0.2) is 6.29 Å². The van der Waals surface area contributed by atoms with Crippen molar-refractivity contribution in [2.75, 3.05) is 10.8 Å². The van der Waals surface area contributed by atoms with Crippen LogP contribution in [0.5, 0.6) is 0 Å². The average molecular weight is 327 g/mol. The molecule has 0 spiro atoms. The van der Waals surface area contributed by atoms with Crippen LogP contribution in [0.1, 0.15) is 15.9 Å². The van der Waals surface area contributed by atoms with Crippen LogP contribution in [0.4, 0.5) is 5.69 Å². The highest BCUT2D eigenvalue weighted by molar-refractivity contribution is 7.92. The lowest BCUT2D eigenvalue weighted by Gasteiger charge is -2.24. The van der Waals surface area contributed by atoms with E-state index in [2.05, 4.69) is 12.3 Å². The third-order valence-electron chi connectivity index (χ3n) is 3.34. The fraction of sp³-hybridized carbons (Fsp3) is 0.111. The Balaban J connectivity index is 2.60. The molecule has 0 heterocycles. The summed E-state index contributed by atoms with van der Waals surface area (Å²) in [5, 5.41) is 0. The number of aldehydes is 1. The molecule has 0 fully saturated rings. The molecule has 0 saturated heterocycles. The van der Waals surface area contributed by atoms with Crippen LogP contribution in [0.2, 0.25) is 0 Å². The molecule has 0 radical (unpaired) electrons. The van der Waals surface area contributed by atoms with Crippen molar-refractivity contribution in [2.45, 2.75) is 11.8 Å². The molecule has 0 N–H and O–H groups in total. The van der Waals surface area contributed by atoms with Crippen LogP contribution in [-0.2, 0) is 10.0 Å². The zero-order chi connectivity index (χ0) is 16.9. The molecule has 0 atom stereocenters. The number of rotatable bonds is 6.